The zero-order chi connectivity index (χ0) is 23.5. The van der Waals surface area contributed by atoms with Crippen molar-refractivity contribution in [2.75, 3.05) is 32.0 Å². The van der Waals surface area contributed by atoms with Crippen LogP contribution in [0.15, 0.2) is 29.8 Å². The third-order valence-electron chi connectivity index (χ3n) is 4.13. The van der Waals surface area contributed by atoms with E-state index in [-0.39, 0.29) is 16.5 Å². The lowest BCUT2D eigenvalue weighted by Crippen LogP contribution is -2.13. The number of carboxylic acids is 1. The Morgan fingerprint density at radius 3 is 2.28 bits per heavy atom. The number of nitrogens with one attached hydrogen (secondary N) is 2. The number of carboxylic acid groups (broad SMARTS) is 1. The van der Waals surface area contributed by atoms with Crippen LogP contribution in [0.4, 0.5) is 36.3 Å². The highest BCUT2D eigenvalue weighted by Crippen LogP contribution is 2.41. The SMILES string of the molecule is COc1cc(Nc2ncc(C(F)(F)F)c(Nc3ccsc3C(=O)O)n2)cc(OC)c1OC. The van der Waals surface area contributed by atoms with Gasteiger partial charge in [0.25, 0.3) is 0 Å². The van der Waals surface area contributed by atoms with E-state index in [4.69, 9.17) is 14.2 Å². The van der Waals surface area contributed by atoms with Crippen LogP contribution < -0.4 is 24.8 Å². The number of thiophene rings is 1. The van der Waals surface area contributed by atoms with Gasteiger partial charge < -0.3 is 30.0 Å². The molecule has 0 unspecified atom stereocenters. The topological polar surface area (TPSA) is 115 Å². The molecule has 32 heavy (non-hydrogen) atoms. The molecule has 3 rings (SSSR count). The van der Waals surface area contributed by atoms with Crippen molar-refractivity contribution in [2.24, 2.45) is 0 Å². The summed E-state index contributed by atoms with van der Waals surface area (Å²) in [6.07, 6.45) is -4.17. The van der Waals surface area contributed by atoms with Gasteiger partial charge in [-0.3, -0.25) is 0 Å². The first-order chi connectivity index (χ1) is 15.2. The number of ether oxygens (including phenoxy) is 3. The minimum atomic E-state index is -4.77. The zero-order valence-electron chi connectivity index (χ0n) is 16.9. The van der Waals surface area contributed by atoms with Crippen LogP contribution in [0.5, 0.6) is 17.2 Å². The number of benzene rings is 1. The molecule has 0 amide bonds. The number of aromatic nitrogens is 2. The molecule has 0 radical (unpaired) electrons. The van der Waals surface area contributed by atoms with E-state index in [1.807, 2.05) is 0 Å². The molecule has 0 atom stereocenters. The number of carbonyl (C=O) groups is 1. The molecule has 0 aliphatic rings. The quantitative estimate of drug-likeness (QED) is 0.428. The van der Waals surface area contributed by atoms with Crippen molar-refractivity contribution in [1.29, 1.82) is 0 Å². The summed E-state index contributed by atoms with van der Waals surface area (Å²) in [5.41, 5.74) is -0.826. The van der Waals surface area contributed by atoms with E-state index in [9.17, 15) is 23.1 Å². The second kappa shape index (κ2) is 9.18. The number of methoxy groups -OCH3 is 3. The van der Waals surface area contributed by atoms with Gasteiger partial charge >= 0.3 is 12.1 Å². The average molecular weight is 470 g/mol. The van der Waals surface area contributed by atoms with Gasteiger partial charge in [-0.05, 0) is 11.4 Å². The number of hydrogen-bond donors (Lipinski definition) is 3. The standard InChI is InChI=1S/C19H17F3N4O5S/c1-29-12-6-9(7-13(30-2)14(12)31-3)24-18-23-8-10(19(20,21)22)16(26-18)25-11-4-5-32-15(11)17(27)28/h4-8H,1-3H3,(H,27,28)(H2,23,24,25,26). The second-order valence-corrected chi connectivity index (χ2v) is 7.00. The number of nitrogens with zero attached hydrogens (tertiary/aromatic N) is 2. The van der Waals surface area contributed by atoms with Crippen molar-refractivity contribution in [1.82, 2.24) is 9.97 Å². The molecular weight excluding hydrogens is 453 g/mol. The van der Waals surface area contributed by atoms with Crippen LogP contribution in [0.3, 0.4) is 0 Å². The first kappa shape index (κ1) is 22.9. The first-order valence-corrected chi connectivity index (χ1v) is 9.65. The number of aromatic carboxylic acids is 1. The van der Waals surface area contributed by atoms with Crippen LogP contribution in [0.2, 0.25) is 0 Å². The zero-order valence-corrected chi connectivity index (χ0v) is 17.7. The van der Waals surface area contributed by atoms with Gasteiger partial charge in [0.1, 0.15) is 16.3 Å². The van der Waals surface area contributed by atoms with Gasteiger partial charge in [0.15, 0.2) is 11.5 Å². The predicted octanol–water partition coefficient (Wildman–Crippen LogP) is 4.77. The van der Waals surface area contributed by atoms with Crippen molar-refractivity contribution >= 4 is 40.4 Å². The molecule has 2 aromatic heterocycles. The molecule has 13 heteroatoms. The number of halogens is 3. The molecule has 170 valence electrons. The molecule has 2 heterocycles. The molecule has 9 nitrogen and oxygen atoms in total. The highest BCUT2D eigenvalue weighted by Gasteiger charge is 2.35. The minimum absolute atomic E-state index is 0.0227. The van der Waals surface area contributed by atoms with E-state index >= 15 is 0 Å². The summed E-state index contributed by atoms with van der Waals surface area (Å²) >= 11 is 0.867. The van der Waals surface area contributed by atoms with Crippen molar-refractivity contribution < 1.29 is 37.3 Å². The summed E-state index contributed by atoms with van der Waals surface area (Å²) in [4.78, 5) is 18.8. The van der Waals surface area contributed by atoms with Crippen LogP contribution in [0.1, 0.15) is 15.2 Å². The summed E-state index contributed by atoms with van der Waals surface area (Å²) in [7, 11) is 4.26. The monoisotopic (exact) mass is 470 g/mol. The van der Waals surface area contributed by atoms with Crippen molar-refractivity contribution in [3.05, 3.63) is 40.2 Å². The Morgan fingerprint density at radius 1 is 1.09 bits per heavy atom. The Labute approximate surface area is 183 Å². The number of hydrogen-bond acceptors (Lipinski definition) is 9. The molecule has 0 aliphatic carbocycles. The molecule has 0 fully saturated rings. The van der Waals surface area contributed by atoms with Gasteiger partial charge in [-0.25, -0.2) is 9.78 Å². The molecule has 0 spiro atoms. The summed E-state index contributed by atoms with van der Waals surface area (Å²) in [6.45, 7) is 0. The largest absolute Gasteiger partial charge is 0.493 e. The lowest BCUT2D eigenvalue weighted by atomic mass is 10.2. The van der Waals surface area contributed by atoms with E-state index in [0.29, 0.717) is 29.1 Å². The van der Waals surface area contributed by atoms with Gasteiger partial charge in [0.05, 0.1) is 27.0 Å². The molecule has 3 N–H and O–H groups in total. The highest BCUT2D eigenvalue weighted by atomic mass is 32.1. The van der Waals surface area contributed by atoms with Gasteiger partial charge in [0.2, 0.25) is 11.7 Å². The molecule has 0 aliphatic heterocycles. The van der Waals surface area contributed by atoms with Gasteiger partial charge in [-0.15, -0.1) is 11.3 Å². The Bertz CT molecular complexity index is 1110. The van der Waals surface area contributed by atoms with E-state index in [2.05, 4.69) is 20.6 Å². The Hall–Kier alpha value is -3.74. The van der Waals surface area contributed by atoms with Gasteiger partial charge in [-0.2, -0.15) is 18.2 Å². The highest BCUT2D eigenvalue weighted by molar-refractivity contribution is 7.12. The Balaban J connectivity index is 2.01. The van der Waals surface area contributed by atoms with Crippen LogP contribution in [0, 0.1) is 0 Å². The van der Waals surface area contributed by atoms with Crippen molar-refractivity contribution in [2.45, 2.75) is 6.18 Å². The summed E-state index contributed by atoms with van der Waals surface area (Å²) in [6, 6.07) is 4.40. The third kappa shape index (κ3) is 4.77. The van der Waals surface area contributed by atoms with Crippen LogP contribution in [-0.4, -0.2) is 42.4 Å². The molecule has 0 bridgehead atoms. The molecule has 0 saturated heterocycles. The summed E-state index contributed by atoms with van der Waals surface area (Å²) in [5, 5.41) is 15.9. The van der Waals surface area contributed by atoms with Gasteiger partial charge in [-0.1, -0.05) is 0 Å². The smallest absolute Gasteiger partial charge is 0.421 e. The second-order valence-electron chi connectivity index (χ2n) is 6.09. The van der Waals surface area contributed by atoms with Gasteiger partial charge in [0, 0.05) is 24.0 Å². The van der Waals surface area contributed by atoms with E-state index in [1.165, 1.54) is 44.9 Å². The van der Waals surface area contributed by atoms with Crippen LogP contribution >= 0.6 is 11.3 Å². The fraction of sp³-hybridized carbons (Fsp3) is 0.211. The molecular formula is C19H17F3N4O5S. The molecule has 0 saturated carbocycles. The summed E-state index contributed by atoms with van der Waals surface area (Å²) in [5.74, 6) is -1.12. The minimum Gasteiger partial charge on any atom is -0.493 e. The Morgan fingerprint density at radius 2 is 1.75 bits per heavy atom. The van der Waals surface area contributed by atoms with E-state index in [1.54, 1.807) is 0 Å². The molecule has 1 aromatic carbocycles. The summed E-state index contributed by atoms with van der Waals surface area (Å²) < 4.78 is 56.2. The average Bonchev–Trinajstić information content (AvgIpc) is 3.20. The normalized spacial score (nSPS) is 11.1. The first-order valence-electron chi connectivity index (χ1n) is 8.77. The van der Waals surface area contributed by atoms with Crippen molar-refractivity contribution in [3.8, 4) is 17.2 Å². The van der Waals surface area contributed by atoms with E-state index in [0.717, 1.165) is 11.3 Å². The number of anilines is 4. The Kier molecular flexibility index (Phi) is 6.58. The van der Waals surface area contributed by atoms with Crippen molar-refractivity contribution in [3.63, 3.8) is 0 Å². The number of rotatable bonds is 8. The van der Waals surface area contributed by atoms with E-state index < -0.39 is 23.5 Å². The fourth-order valence-electron chi connectivity index (χ4n) is 2.73. The molecule has 3 aromatic rings. The van der Waals surface area contributed by atoms with Crippen LogP contribution in [-0.2, 0) is 6.18 Å². The number of alkyl halides is 3. The predicted molar refractivity (Wildman–Crippen MR) is 111 cm³/mol. The third-order valence-corrected chi connectivity index (χ3v) is 5.03. The maximum atomic E-state index is 13.5. The maximum absolute atomic E-state index is 13.5. The maximum Gasteiger partial charge on any atom is 0.421 e. The van der Waals surface area contributed by atoms with Crippen LogP contribution in [0.25, 0.3) is 0 Å². The lowest BCUT2D eigenvalue weighted by molar-refractivity contribution is -0.137. The fourth-order valence-corrected chi connectivity index (χ4v) is 3.42. The lowest BCUT2D eigenvalue weighted by Gasteiger charge is -2.16.